The van der Waals surface area contributed by atoms with Gasteiger partial charge in [-0.3, -0.25) is 0 Å². The van der Waals surface area contributed by atoms with Gasteiger partial charge in [-0.1, -0.05) is 256 Å². The first kappa shape index (κ1) is 50.4. The summed E-state index contributed by atoms with van der Waals surface area (Å²) in [6.45, 7) is 14.5. The van der Waals surface area contributed by atoms with Crippen LogP contribution in [0, 0.1) is 0 Å². The molecule has 0 N–H and O–H groups in total. The SMILES string of the molecule is C[Si](C)(C)c1ccc(N(c2ccccc2)c2cccc(-c3c4ccccc4c(-c4ccc(-c5c6ccccc6c(-c6cccc(N(c7ccccc7)c7ccc([Si](C)(C)C)cc7)c6)c6ccccc56)cc4)c4ccccc34)c2)cc1. The third-order valence-electron chi connectivity index (χ3n) is 16.1. The molecule has 386 valence electrons. The predicted octanol–water partition coefficient (Wildman–Crippen LogP) is 21.0. The van der Waals surface area contributed by atoms with Gasteiger partial charge in [0, 0.05) is 34.1 Å². The molecule has 0 atom stereocenters. The van der Waals surface area contributed by atoms with E-state index in [2.05, 4.69) is 328 Å². The van der Waals surface area contributed by atoms with E-state index in [1.165, 1.54) is 98.0 Å². The van der Waals surface area contributed by atoms with Crippen LogP contribution in [0.15, 0.2) is 279 Å². The van der Waals surface area contributed by atoms with Crippen molar-refractivity contribution in [1.82, 2.24) is 0 Å². The van der Waals surface area contributed by atoms with E-state index in [1.54, 1.807) is 0 Å². The van der Waals surface area contributed by atoms with Gasteiger partial charge in [-0.2, -0.15) is 0 Å². The number of hydrogen-bond donors (Lipinski definition) is 0. The summed E-state index contributed by atoms with van der Waals surface area (Å²) in [7, 11) is -2.96. The molecule has 4 heteroatoms. The highest BCUT2D eigenvalue weighted by Gasteiger charge is 2.24. The van der Waals surface area contributed by atoms with E-state index in [9.17, 15) is 0 Å². The Morgan fingerprint density at radius 2 is 0.438 bits per heavy atom. The van der Waals surface area contributed by atoms with Gasteiger partial charge in [0.1, 0.15) is 0 Å². The molecule has 80 heavy (non-hydrogen) atoms. The van der Waals surface area contributed by atoms with E-state index >= 15 is 0 Å². The zero-order valence-electron chi connectivity index (χ0n) is 46.5. The molecular weight excluding hydrogens is 997 g/mol. The van der Waals surface area contributed by atoms with Gasteiger partial charge in [0.05, 0.1) is 16.1 Å². The maximum absolute atomic E-state index is 2.41. The molecule has 13 aromatic rings. The molecule has 0 radical (unpaired) electrons. The van der Waals surface area contributed by atoms with Crippen LogP contribution in [0.2, 0.25) is 39.3 Å². The number of anilines is 6. The molecule has 13 aromatic carbocycles. The molecule has 0 heterocycles. The molecule has 0 spiro atoms. The monoisotopic (exact) mass is 1060 g/mol. The van der Waals surface area contributed by atoms with Crippen LogP contribution in [0.1, 0.15) is 0 Å². The van der Waals surface area contributed by atoms with Crippen molar-refractivity contribution in [2.75, 3.05) is 9.80 Å². The molecule has 0 unspecified atom stereocenters. The number of rotatable bonds is 12. The van der Waals surface area contributed by atoms with Crippen molar-refractivity contribution >= 4 is 104 Å². The molecular formula is C76H64N2Si2. The maximum atomic E-state index is 2.41. The molecule has 0 amide bonds. The van der Waals surface area contributed by atoms with Crippen LogP contribution in [0.3, 0.4) is 0 Å². The lowest BCUT2D eigenvalue weighted by atomic mass is 9.84. The zero-order chi connectivity index (χ0) is 54.5. The number of para-hydroxylation sites is 2. The van der Waals surface area contributed by atoms with Crippen molar-refractivity contribution in [3.05, 3.63) is 279 Å². The largest absolute Gasteiger partial charge is 0.310 e. The Hall–Kier alpha value is -9.07. The third-order valence-corrected chi connectivity index (χ3v) is 20.3. The molecule has 0 saturated heterocycles. The molecule has 0 aromatic heterocycles. The Balaban J connectivity index is 0.915. The molecule has 2 nitrogen and oxygen atoms in total. The maximum Gasteiger partial charge on any atom is 0.0775 e. The summed E-state index contributed by atoms with van der Waals surface area (Å²) in [6.07, 6.45) is 0. The minimum Gasteiger partial charge on any atom is -0.310 e. The van der Waals surface area contributed by atoms with E-state index in [-0.39, 0.29) is 0 Å². The Morgan fingerprint density at radius 3 is 0.713 bits per heavy atom. The first-order valence-corrected chi connectivity index (χ1v) is 35.1. The van der Waals surface area contributed by atoms with E-state index < -0.39 is 16.1 Å². The minimum atomic E-state index is -1.48. The number of fused-ring (bicyclic) bond motifs is 4. The third kappa shape index (κ3) is 9.30. The first-order valence-electron chi connectivity index (χ1n) is 28.1. The summed E-state index contributed by atoms with van der Waals surface area (Å²) in [5, 5.41) is 12.8. The summed E-state index contributed by atoms with van der Waals surface area (Å²) in [5.74, 6) is 0. The standard InChI is InChI=1S/C76H64N2Si2/c1-79(2,3)63-47-43-59(44-48-63)77(57-25-9-7-10-26-57)61-29-21-23-55(51-61)75-69-35-17-13-31-65(69)73(66-32-14-18-36-70(66)75)53-39-41-54(42-40-53)74-67-33-15-19-37-71(67)76(72-38-20-16-34-68(72)74)56-24-22-30-62(52-56)78(58-27-11-8-12-28-58)60-45-49-64(50-46-60)80(4,5)6/h7-52H,1-6H3. The minimum absolute atomic E-state index is 1.12. The quantitative estimate of drug-likeness (QED) is 0.0889. The van der Waals surface area contributed by atoms with Crippen LogP contribution in [0.4, 0.5) is 34.1 Å². The van der Waals surface area contributed by atoms with Crippen molar-refractivity contribution in [2.24, 2.45) is 0 Å². The van der Waals surface area contributed by atoms with E-state index in [4.69, 9.17) is 0 Å². The summed E-state index contributed by atoms with van der Waals surface area (Å²) in [4.78, 5) is 4.79. The molecule has 0 bridgehead atoms. The van der Waals surface area contributed by atoms with Gasteiger partial charge < -0.3 is 9.80 Å². The number of hydrogen-bond acceptors (Lipinski definition) is 2. The van der Waals surface area contributed by atoms with Gasteiger partial charge in [0.25, 0.3) is 0 Å². The molecule has 0 fully saturated rings. The van der Waals surface area contributed by atoms with Crippen LogP contribution in [-0.4, -0.2) is 16.1 Å². The molecule has 13 rings (SSSR count). The molecule has 0 saturated carbocycles. The Kier molecular flexibility index (Phi) is 13.0. The van der Waals surface area contributed by atoms with Gasteiger partial charge >= 0.3 is 0 Å². The van der Waals surface area contributed by atoms with Crippen molar-refractivity contribution < 1.29 is 0 Å². The average molecular weight is 1060 g/mol. The van der Waals surface area contributed by atoms with Crippen LogP contribution < -0.4 is 20.2 Å². The van der Waals surface area contributed by atoms with E-state index in [1.807, 2.05) is 0 Å². The van der Waals surface area contributed by atoms with Crippen molar-refractivity contribution in [1.29, 1.82) is 0 Å². The van der Waals surface area contributed by atoms with Crippen LogP contribution in [-0.2, 0) is 0 Å². The van der Waals surface area contributed by atoms with Gasteiger partial charge in [-0.25, -0.2) is 0 Å². The van der Waals surface area contributed by atoms with Crippen molar-refractivity contribution in [3.8, 4) is 44.5 Å². The second-order valence-electron chi connectivity index (χ2n) is 23.3. The lowest BCUT2D eigenvalue weighted by Gasteiger charge is -2.27. The molecule has 0 aliphatic rings. The Labute approximate surface area is 473 Å². The summed E-state index contributed by atoms with van der Waals surface area (Å²) in [6, 6.07) is 104. The van der Waals surface area contributed by atoms with E-state index in [0.717, 1.165) is 34.1 Å². The average Bonchev–Trinajstić information content (AvgIpc) is 3.63. The fourth-order valence-corrected chi connectivity index (χ4v) is 14.5. The second kappa shape index (κ2) is 20.6. The van der Waals surface area contributed by atoms with Crippen LogP contribution in [0.25, 0.3) is 87.6 Å². The fourth-order valence-electron chi connectivity index (χ4n) is 12.2. The normalized spacial score (nSPS) is 11.9. The van der Waals surface area contributed by atoms with Gasteiger partial charge in [-0.05, 0) is 160 Å². The highest BCUT2D eigenvalue weighted by molar-refractivity contribution is 6.89. The van der Waals surface area contributed by atoms with Crippen molar-refractivity contribution in [3.63, 3.8) is 0 Å². The Bertz CT molecular complexity index is 4000. The van der Waals surface area contributed by atoms with E-state index in [0.29, 0.717) is 0 Å². The highest BCUT2D eigenvalue weighted by Crippen LogP contribution is 2.48. The van der Waals surface area contributed by atoms with Gasteiger partial charge in [0.2, 0.25) is 0 Å². The predicted molar refractivity (Wildman–Crippen MR) is 354 cm³/mol. The topological polar surface area (TPSA) is 6.48 Å². The molecule has 0 aliphatic heterocycles. The van der Waals surface area contributed by atoms with Gasteiger partial charge in [-0.15, -0.1) is 0 Å². The Morgan fingerprint density at radius 1 is 0.200 bits per heavy atom. The number of benzene rings is 13. The lowest BCUT2D eigenvalue weighted by Crippen LogP contribution is -2.37. The van der Waals surface area contributed by atoms with Crippen LogP contribution in [0.5, 0.6) is 0 Å². The fraction of sp³-hybridized carbons (Fsp3) is 0.0789. The summed E-state index contributed by atoms with van der Waals surface area (Å²) in [5.41, 5.74) is 16.5. The lowest BCUT2D eigenvalue weighted by molar-refractivity contribution is 1.29. The smallest absolute Gasteiger partial charge is 0.0775 e. The first-order chi connectivity index (χ1) is 39.0. The number of nitrogens with zero attached hydrogens (tertiary/aromatic N) is 2. The van der Waals surface area contributed by atoms with Crippen LogP contribution >= 0.6 is 0 Å². The highest BCUT2D eigenvalue weighted by atomic mass is 28.3. The van der Waals surface area contributed by atoms with Crippen molar-refractivity contribution in [2.45, 2.75) is 39.3 Å². The second-order valence-corrected chi connectivity index (χ2v) is 33.5. The summed E-state index contributed by atoms with van der Waals surface area (Å²) >= 11 is 0. The zero-order valence-corrected chi connectivity index (χ0v) is 48.5. The van der Waals surface area contributed by atoms with Gasteiger partial charge in [0.15, 0.2) is 0 Å². The summed E-state index contributed by atoms with van der Waals surface area (Å²) < 4.78 is 0. The molecule has 0 aliphatic carbocycles.